The van der Waals surface area contributed by atoms with Crippen LogP contribution in [-0.4, -0.2) is 47.4 Å². The van der Waals surface area contributed by atoms with E-state index in [1.54, 1.807) is 0 Å². The number of hydrogen-bond donors (Lipinski definition) is 3. The summed E-state index contributed by atoms with van der Waals surface area (Å²) in [6.45, 7) is 4.95. The number of rotatable bonds is 61. The first-order valence-corrected chi connectivity index (χ1v) is 32.6. The van der Waals surface area contributed by atoms with E-state index < -0.39 is 12.1 Å². The fourth-order valence-electron chi connectivity index (χ4n) is 10.2. The van der Waals surface area contributed by atoms with Crippen LogP contribution < -0.4 is 5.32 Å². The minimum absolute atomic E-state index is 0.00603. The van der Waals surface area contributed by atoms with Crippen molar-refractivity contribution in [1.82, 2.24) is 5.32 Å². The van der Waals surface area contributed by atoms with Crippen molar-refractivity contribution in [2.45, 2.75) is 373 Å². The maximum Gasteiger partial charge on any atom is 0.305 e. The van der Waals surface area contributed by atoms with Crippen LogP contribution in [0.1, 0.15) is 361 Å². The lowest BCUT2D eigenvalue weighted by Gasteiger charge is -2.22. The van der Waals surface area contributed by atoms with E-state index in [4.69, 9.17) is 4.74 Å². The van der Waals surface area contributed by atoms with Gasteiger partial charge in [0.05, 0.1) is 25.4 Å². The quantitative estimate of drug-likeness (QED) is 0.0320. The number of carbonyl (C=O) groups is 2. The van der Waals surface area contributed by atoms with E-state index in [0.717, 1.165) is 44.9 Å². The van der Waals surface area contributed by atoms with E-state index in [-0.39, 0.29) is 18.5 Å². The van der Waals surface area contributed by atoms with Crippen molar-refractivity contribution in [2.24, 2.45) is 0 Å². The van der Waals surface area contributed by atoms with Gasteiger partial charge in [-0.15, -0.1) is 0 Å². The SMILES string of the molecule is CCCCC/C=C\CCCCCCCC(=O)OCCCCCCCCCCCCCC/C=C\CCCCCCCCCCCCCCC(=O)NC(CO)C(O)CCCCCCCCCCCCCCCCC. The highest BCUT2D eigenvalue weighted by molar-refractivity contribution is 5.76. The molecule has 0 bridgehead atoms. The molecule has 0 saturated carbocycles. The normalized spacial score (nSPS) is 12.7. The first-order chi connectivity index (χ1) is 35.5. The van der Waals surface area contributed by atoms with Crippen molar-refractivity contribution < 1.29 is 24.5 Å². The summed E-state index contributed by atoms with van der Waals surface area (Å²) in [6, 6.07) is -0.541. The number of unbranched alkanes of at least 4 members (excludes halogenated alkanes) is 46. The van der Waals surface area contributed by atoms with Crippen LogP contribution in [0.4, 0.5) is 0 Å². The Morgan fingerprint density at radius 1 is 0.375 bits per heavy atom. The van der Waals surface area contributed by atoms with Gasteiger partial charge in [0.2, 0.25) is 5.91 Å². The highest BCUT2D eigenvalue weighted by atomic mass is 16.5. The van der Waals surface area contributed by atoms with Crippen molar-refractivity contribution in [3.8, 4) is 0 Å². The number of carbonyl (C=O) groups excluding carboxylic acids is 2. The van der Waals surface area contributed by atoms with Gasteiger partial charge in [-0.05, 0) is 77.0 Å². The predicted octanol–water partition coefficient (Wildman–Crippen LogP) is 20.6. The lowest BCUT2D eigenvalue weighted by molar-refractivity contribution is -0.143. The largest absolute Gasteiger partial charge is 0.466 e. The van der Waals surface area contributed by atoms with Gasteiger partial charge in [0.25, 0.3) is 0 Å². The second kappa shape index (κ2) is 61.9. The van der Waals surface area contributed by atoms with Gasteiger partial charge in [0, 0.05) is 12.8 Å². The average Bonchev–Trinajstić information content (AvgIpc) is 3.38. The maximum atomic E-state index is 12.5. The molecule has 0 spiro atoms. The Hall–Kier alpha value is -1.66. The van der Waals surface area contributed by atoms with Gasteiger partial charge in [-0.3, -0.25) is 9.59 Å². The van der Waals surface area contributed by atoms with E-state index in [2.05, 4.69) is 43.5 Å². The Morgan fingerprint density at radius 3 is 1.01 bits per heavy atom. The minimum atomic E-state index is -0.664. The van der Waals surface area contributed by atoms with Crippen molar-refractivity contribution in [2.75, 3.05) is 13.2 Å². The summed E-state index contributed by atoms with van der Waals surface area (Å²) in [5.74, 6) is -0.0266. The number of allylic oxidation sites excluding steroid dienone is 4. The molecule has 6 nitrogen and oxygen atoms in total. The molecule has 0 aromatic rings. The molecular weight excluding hydrogens is 887 g/mol. The Bertz CT molecular complexity index is 1120. The van der Waals surface area contributed by atoms with Crippen LogP contribution in [0.15, 0.2) is 24.3 Å². The molecule has 72 heavy (non-hydrogen) atoms. The van der Waals surface area contributed by atoms with Crippen LogP contribution in [0.5, 0.6) is 0 Å². The van der Waals surface area contributed by atoms with Crippen LogP contribution in [0.25, 0.3) is 0 Å². The van der Waals surface area contributed by atoms with Crippen LogP contribution >= 0.6 is 0 Å². The van der Waals surface area contributed by atoms with E-state index in [9.17, 15) is 19.8 Å². The summed E-state index contributed by atoms with van der Waals surface area (Å²) in [4.78, 5) is 24.5. The Morgan fingerprint density at radius 2 is 0.653 bits per heavy atom. The van der Waals surface area contributed by atoms with Crippen molar-refractivity contribution >= 4 is 11.9 Å². The Kier molecular flexibility index (Phi) is 60.5. The van der Waals surface area contributed by atoms with Gasteiger partial charge in [-0.25, -0.2) is 0 Å². The first kappa shape index (κ1) is 70.3. The molecule has 0 rings (SSSR count). The molecule has 2 unspecified atom stereocenters. The molecule has 426 valence electrons. The van der Waals surface area contributed by atoms with Crippen molar-refractivity contribution in [3.05, 3.63) is 24.3 Å². The molecule has 0 aromatic heterocycles. The lowest BCUT2D eigenvalue weighted by Crippen LogP contribution is -2.45. The van der Waals surface area contributed by atoms with Crippen molar-refractivity contribution in [1.29, 1.82) is 0 Å². The summed E-state index contributed by atoms with van der Waals surface area (Å²) in [6.07, 6.45) is 76.3. The second-order valence-corrected chi connectivity index (χ2v) is 22.4. The van der Waals surface area contributed by atoms with Gasteiger partial charge < -0.3 is 20.3 Å². The summed E-state index contributed by atoms with van der Waals surface area (Å²) in [5.41, 5.74) is 0. The summed E-state index contributed by atoms with van der Waals surface area (Å²) >= 11 is 0. The zero-order valence-corrected chi connectivity index (χ0v) is 48.7. The number of esters is 1. The van der Waals surface area contributed by atoms with Gasteiger partial charge in [0.15, 0.2) is 0 Å². The number of nitrogens with one attached hydrogen (secondary N) is 1. The Labute approximate surface area is 450 Å². The van der Waals surface area contributed by atoms with E-state index in [0.29, 0.717) is 25.9 Å². The standard InChI is InChI=1S/C66H127NO5/c1-3-5-7-9-11-13-15-17-32-35-38-42-46-50-54-58-64(69)63(62-68)67-65(70)59-55-51-47-43-39-36-33-30-28-26-24-22-20-18-19-21-23-25-27-29-31-34-37-41-45-49-53-57-61-72-66(71)60-56-52-48-44-40-16-14-12-10-8-6-4-2/h12,14,18-19,63-64,68-69H,3-11,13,15-17,20-62H2,1-2H3,(H,67,70)/b14-12-,19-18-. The molecule has 0 heterocycles. The summed E-state index contributed by atoms with van der Waals surface area (Å²) < 4.78 is 5.47. The maximum absolute atomic E-state index is 12.5. The van der Waals surface area contributed by atoms with Gasteiger partial charge in [0.1, 0.15) is 0 Å². The zero-order valence-electron chi connectivity index (χ0n) is 48.7. The molecule has 6 heteroatoms. The molecule has 0 aliphatic rings. The van der Waals surface area contributed by atoms with Gasteiger partial charge in [-0.2, -0.15) is 0 Å². The third-order valence-electron chi connectivity index (χ3n) is 15.2. The molecule has 1 amide bonds. The molecule has 0 radical (unpaired) electrons. The van der Waals surface area contributed by atoms with E-state index >= 15 is 0 Å². The van der Waals surface area contributed by atoms with E-state index in [1.807, 2.05) is 0 Å². The Balaban J connectivity index is 3.37. The number of amides is 1. The monoisotopic (exact) mass is 1010 g/mol. The summed E-state index contributed by atoms with van der Waals surface area (Å²) in [5, 5.41) is 23.3. The minimum Gasteiger partial charge on any atom is -0.466 e. The van der Waals surface area contributed by atoms with Gasteiger partial charge in [-0.1, -0.05) is 295 Å². The molecule has 0 fully saturated rings. The number of ether oxygens (including phenoxy) is 1. The highest BCUT2D eigenvalue weighted by Gasteiger charge is 2.20. The lowest BCUT2D eigenvalue weighted by atomic mass is 10.0. The molecule has 0 aliphatic heterocycles. The molecule has 3 N–H and O–H groups in total. The molecular formula is C66H127NO5. The number of hydrogen-bond acceptors (Lipinski definition) is 5. The highest BCUT2D eigenvalue weighted by Crippen LogP contribution is 2.18. The van der Waals surface area contributed by atoms with Crippen LogP contribution in [-0.2, 0) is 14.3 Å². The van der Waals surface area contributed by atoms with Crippen LogP contribution in [0.2, 0.25) is 0 Å². The average molecular weight is 1010 g/mol. The van der Waals surface area contributed by atoms with Crippen molar-refractivity contribution in [3.63, 3.8) is 0 Å². The van der Waals surface area contributed by atoms with Crippen LogP contribution in [0, 0.1) is 0 Å². The molecule has 2 atom stereocenters. The predicted molar refractivity (Wildman–Crippen MR) is 315 cm³/mol. The first-order valence-electron chi connectivity index (χ1n) is 32.6. The number of aliphatic hydroxyl groups is 2. The molecule has 0 aliphatic carbocycles. The fraction of sp³-hybridized carbons (Fsp3) is 0.909. The van der Waals surface area contributed by atoms with Crippen LogP contribution in [0.3, 0.4) is 0 Å². The van der Waals surface area contributed by atoms with Gasteiger partial charge >= 0.3 is 5.97 Å². The third-order valence-corrected chi connectivity index (χ3v) is 15.2. The number of aliphatic hydroxyl groups excluding tert-OH is 2. The zero-order chi connectivity index (χ0) is 52.2. The second-order valence-electron chi connectivity index (χ2n) is 22.4. The summed E-state index contributed by atoms with van der Waals surface area (Å²) in [7, 11) is 0. The fourth-order valence-corrected chi connectivity index (χ4v) is 10.2. The third kappa shape index (κ3) is 57.6. The molecule has 0 aromatic carbocycles. The molecule has 0 saturated heterocycles. The van der Waals surface area contributed by atoms with E-state index in [1.165, 1.54) is 283 Å². The topological polar surface area (TPSA) is 95.9 Å². The smallest absolute Gasteiger partial charge is 0.305 e.